The van der Waals surface area contributed by atoms with Crippen LogP contribution in [0.3, 0.4) is 0 Å². The molecule has 2 aliphatic rings. The number of aryl methyl sites for hydroxylation is 2. The number of hydrogen-bond donors (Lipinski definition) is 1. The van der Waals surface area contributed by atoms with Crippen LogP contribution in [-0.2, 0) is 4.74 Å². The van der Waals surface area contributed by atoms with Crippen LogP contribution in [0.2, 0.25) is 0 Å². The Morgan fingerprint density at radius 2 is 2.05 bits per heavy atom. The Morgan fingerprint density at radius 1 is 1.19 bits per heavy atom. The van der Waals surface area contributed by atoms with Crippen LogP contribution in [0.5, 0.6) is 0 Å². The number of fused-ring (bicyclic) bond motifs is 1. The SMILES string of the molecule is Cc1cc(NC2CCOC(C3CC3)C2)n2nc(C)cc2n1. The third kappa shape index (κ3) is 2.62. The van der Waals surface area contributed by atoms with Crippen LogP contribution in [0.15, 0.2) is 12.1 Å². The number of aromatic nitrogens is 3. The molecule has 1 saturated heterocycles. The molecule has 1 aliphatic heterocycles. The van der Waals surface area contributed by atoms with E-state index >= 15 is 0 Å². The summed E-state index contributed by atoms with van der Waals surface area (Å²) in [5.41, 5.74) is 2.94. The summed E-state index contributed by atoms with van der Waals surface area (Å²) < 4.78 is 7.83. The number of nitrogens with zero attached hydrogens (tertiary/aromatic N) is 3. The topological polar surface area (TPSA) is 51.5 Å². The highest BCUT2D eigenvalue weighted by Crippen LogP contribution is 2.38. The highest BCUT2D eigenvalue weighted by molar-refractivity contribution is 5.50. The van der Waals surface area contributed by atoms with E-state index < -0.39 is 0 Å². The van der Waals surface area contributed by atoms with Crippen molar-refractivity contribution >= 4 is 11.5 Å². The van der Waals surface area contributed by atoms with Gasteiger partial charge < -0.3 is 10.1 Å². The molecule has 4 rings (SSSR count). The van der Waals surface area contributed by atoms with Crippen LogP contribution in [0, 0.1) is 19.8 Å². The quantitative estimate of drug-likeness (QED) is 0.942. The molecule has 5 heteroatoms. The summed E-state index contributed by atoms with van der Waals surface area (Å²) in [6.07, 6.45) is 5.30. The van der Waals surface area contributed by atoms with Crippen LogP contribution < -0.4 is 5.32 Å². The average Bonchev–Trinajstić information content (AvgIpc) is 3.22. The number of nitrogens with one attached hydrogen (secondary N) is 1. The van der Waals surface area contributed by atoms with Crippen molar-refractivity contribution < 1.29 is 4.74 Å². The number of ether oxygens (including phenoxy) is 1. The van der Waals surface area contributed by atoms with Crippen molar-refractivity contribution in [2.45, 2.75) is 51.7 Å². The van der Waals surface area contributed by atoms with Gasteiger partial charge in [-0.1, -0.05) is 0 Å². The van der Waals surface area contributed by atoms with Crippen molar-refractivity contribution in [1.82, 2.24) is 14.6 Å². The lowest BCUT2D eigenvalue weighted by Gasteiger charge is -2.31. The van der Waals surface area contributed by atoms with Gasteiger partial charge in [0.15, 0.2) is 5.65 Å². The maximum Gasteiger partial charge on any atom is 0.157 e. The van der Waals surface area contributed by atoms with E-state index in [0.717, 1.165) is 48.2 Å². The van der Waals surface area contributed by atoms with E-state index in [2.05, 4.69) is 21.5 Å². The van der Waals surface area contributed by atoms with Gasteiger partial charge in [-0.05, 0) is 45.4 Å². The lowest BCUT2D eigenvalue weighted by atomic mass is 10.00. The second-order valence-electron chi connectivity index (χ2n) is 6.45. The second kappa shape index (κ2) is 4.98. The molecular weight excluding hydrogens is 264 g/mol. The molecule has 0 aromatic carbocycles. The fourth-order valence-electron chi connectivity index (χ4n) is 3.28. The highest BCUT2D eigenvalue weighted by atomic mass is 16.5. The number of rotatable bonds is 3. The normalized spacial score (nSPS) is 26.2. The Bertz CT molecular complexity index is 662. The second-order valence-corrected chi connectivity index (χ2v) is 6.45. The first-order chi connectivity index (χ1) is 10.2. The molecule has 0 radical (unpaired) electrons. The lowest BCUT2D eigenvalue weighted by Crippen LogP contribution is -2.35. The first-order valence-electron chi connectivity index (χ1n) is 7.91. The molecule has 2 aromatic heterocycles. The summed E-state index contributed by atoms with van der Waals surface area (Å²) in [6.45, 7) is 4.90. The van der Waals surface area contributed by atoms with Gasteiger partial charge in [0.25, 0.3) is 0 Å². The van der Waals surface area contributed by atoms with E-state index in [1.165, 1.54) is 12.8 Å². The zero-order valence-corrected chi connectivity index (χ0v) is 12.7. The minimum absolute atomic E-state index is 0.453. The van der Waals surface area contributed by atoms with Gasteiger partial charge in [0.1, 0.15) is 5.82 Å². The third-order valence-electron chi connectivity index (χ3n) is 4.49. The molecule has 112 valence electrons. The fourth-order valence-corrected chi connectivity index (χ4v) is 3.28. The van der Waals surface area contributed by atoms with Gasteiger partial charge in [-0.3, -0.25) is 0 Å². The molecule has 2 fully saturated rings. The molecule has 2 atom stereocenters. The van der Waals surface area contributed by atoms with E-state index in [9.17, 15) is 0 Å². The predicted octanol–water partition coefficient (Wildman–Crippen LogP) is 2.72. The van der Waals surface area contributed by atoms with Crippen molar-refractivity contribution in [2.75, 3.05) is 11.9 Å². The molecular formula is C16H22N4O. The fraction of sp³-hybridized carbons (Fsp3) is 0.625. The van der Waals surface area contributed by atoms with E-state index in [4.69, 9.17) is 4.74 Å². The molecule has 2 unspecified atom stereocenters. The van der Waals surface area contributed by atoms with Crippen molar-refractivity contribution in [3.8, 4) is 0 Å². The monoisotopic (exact) mass is 286 g/mol. The predicted molar refractivity (Wildman–Crippen MR) is 81.6 cm³/mol. The molecule has 3 heterocycles. The standard InChI is InChI=1S/C16H22N4O/c1-10-7-16(20-15(17-10)8-11(2)19-20)18-13-5-6-21-14(9-13)12-3-4-12/h7-8,12-14,18H,3-6,9H2,1-2H3. The van der Waals surface area contributed by atoms with Gasteiger partial charge in [0.05, 0.1) is 11.8 Å². The summed E-state index contributed by atoms with van der Waals surface area (Å²) in [5.74, 6) is 1.85. The Balaban J connectivity index is 1.58. The van der Waals surface area contributed by atoms with Gasteiger partial charge in [0.2, 0.25) is 0 Å². The Morgan fingerprint density at radius 3 is 2.86 bits per heavy atom. The van der Waals surface area contributed by atoms with Crippen molar-refractivity contribution in [1.29, 1.82) is 0 Å². The van der Waals surface area contributed by atoms with E-state index in [-0.39, 0.29) is 0 Å². The maximum absolute atomic E-state index is 5.91. The Hall–Kier alpha value is -1.62. The van der Waals surface area contributed by atoms with Crippen molar-refractivity contribution in [3.05, 3.63) is 23.5 Å². The first kappa shape index (κ1) is 13.1. The molecule has 1 saturated carbocycles. The third-order valence-corrected chi connectivity index (χ3v) is 4.49. The molecule has 1 aliphatic carbocycles. The molecule has 0 spiro atoms. The van der Waals surface area contributed by atoms with E-state index in [0.29, 0.717) is 12.1 Å². The van der Waals surface area contributed by atoms with Gasteiger partial charge in [-0.25, -0.2) is 4.98 Å². The zero-order chi connectivity index (χ0) is 14.4. The molecule has 1 N–H and O–H groups in total. The van der Waals surface area contributed by atoms with Gasteiger partial charge in [0, 0.05) is 30.5 Å². The Kier molecular flexibility index (Phi) is 3.10. The summed E-state index contributed by atoms with van der Waals surface area (Å²) in [7, 11) is 0. The van der Waals surface area contributed by atoms with Gasteiger partial charge in [-0.15, -0.1) is 0 Å². The highest BCUT2D eigenvalue weighted by Gasteiger charge is 2.36. The minimum Gasteiger partial charge on any atom is -0.378 e. The van der Waals surface area contributed by atoms with Crippen LogP contribution in [0.25, 0.3) is 5.65 Å². The molecule has 0 amide bonds. The van der Waals surface area contributed by atoms with E-state index in [1.807, 2.05) is 24.4 Å². The van der Waals surface area contributed by atoms with Crippen LogP contribution in [-0.4, -0.2) is 33.4 Å². The minimum atomic E-state index is 0.453. The van der Waals surface area contributed by atoms with Gasteiger partial charge in [-0.2, -0.15) is 9.61 Å². The lowest BCUT2D eigenvalue weighted by molar-refractivity contribution is -0.00225. The summed E-state index contributed by atoms with van der Waals surface area (Å²) in [5, 5.41) is 8.22. The largest absolute Gasteiger partial charge is 0.378 e. The Labute approximate surface area is 124 Å². The van der Waals surface area contributed by atoms with Gasteiger partial charge >= 0.3 is 0 Å². The maximum atomic E-state index is 5.91. The first-order valence-corrected chi connectivity index (χ1v) is 7.91. The van der Waals surface area contributed by atoms with Crippen LogP contribution >= 0.6 is 0 Å². The molecule has 5 nitrogen and oxygen atoms in total. The van der Waals surface area contributed by atoms with Crippen molar-refractivity contribution in [2.24, 2.45) is 5.92 Å². The van der Waals surface area contributed by atoms with Crippen LogP contribution in [0.1, 0.15) is 37.1 Å². The summed E-state index contributed by atoms with van der Waals surface area (Å²) in [4.78, 5) is 4.54. The number of anilines is 1. The summed E-state index contributed by atoms with van der Waals surface area (Å²) >= 11 is 0. The average molecular weight is 286 g/mol. The zero-order valence-electron chi connectivity index (χ0n) is 12.7. The van der Waals surface area contributed by atoms with E-state index in [1.54, 1.807) is 0 Å². The molecule has 0 bridgehead atoms. The number of hydrogen-bond acceptors (Lipinski definition) is 4. The van der Waals surface area contributed by atoms with Crippen molar-refractivity contribution in [3.63, 3.8) is 0 Å². The smallest absolute Gasteiger partial charge is 0.157 e. The molecule has 2 aromatic rings. The summed E-state index contributed by atoms with van der Waals surface area (Å²) in [6, 6.07) is 4.58. The molecule has 21 heavy (non-hydrogen) atoms. The van der Waals surface area contributed by atoms with Crippen LogP contribution in [0.4, 0.5) is 5.82 Å².